The Morgan fingerprint density at radius 3 is 1.75 bits per heavy atom. The van der Waals surface area contributed by atoms with E-state index in [0.717, 1.165) is 17.8 Å². The van der Waals surface area contributed by atoms with E-state index in [4.69, 9.17) is 0 Å². The first-order chi connectivity index (χ1) is 7.65. The highest BCUT2D eigenvalue weighted by molar-refractivity contribution is 4.69. The fourth-order valence-corrected chi connectivity index (χ4v) is 2.95. The Morgan fingerprint density at radius 1 is 0.750 bits per heavy atom. The second-order valence-electron chi connectivity index (χ2n) is 5.80. The minimum Gasteiger partial charge on any atom is -0.0654 e. The third-order valence-corrected chi connectivity index (χ3v) is 3.95. The van der Waals surface area contributed by atoms with Gasteiger partial charge in [0.05, 0.1) is 0 Å². The van der Waals surface area contributed by atoms with Crippen LogP contribution in [0.5, 0.6) is 0 Å². The summed E-state index contributed by atoms with van der Waals surface area (Å²) in [6.45, 7) is 11.9. The predicted molar refractivity (Wildman–Crippen MR) is 75.8 cm³/mol. The van der Waals surface area contributed by atoms with Gasteiger partial charge in [0.1, 0.15) is 0 Å². The van der Waals surface area contributed by atoms with Crippen LogP contribution in [0.1, 0.15) is 86.0 Å². The highest BCUT2D eigenvalue weighted by Crippen LogP contribution is 2.29. The molecule has 0 heterocycles. The second kappa shape index (κ2) is 10.2. The Hall–Kier alpha value is 0. The molecule has 16 heavy (non-hydrogen) atoms. The average Bonchev–Trinajstić information content (AvgIpc) is 2.26. The van der Waals surface area contributed by atoms with Crippen LogP contribution in [0.4, 0.5) is 0 Å². The van der Waals surface area contributed by atoms with E-state index < -0.39 is 0 Å². The van der Waals surface area contributed by atoms with Gasteiger partial charge in [0.25, 0.3) is 0 Å². The van der Waals surface area contributed by atoms with E-state index in [-0.39, 0.29) is 0 Å². The minimum atomic E-state index is 0.936. The molecule has 0 radical (unpaired) electrons. The molecule has 0 nitrogen and oxygen atoms in total. The van der Waals surface area contributed by atoms with Crippen LogP contribution in [0, 0.1) is 17.8 Å². The maximum Gasteiger partial charge on any atom is -0.0389 e. The molecule has 0 saturated carbocycles. The van der Waals surface area contributed by atoms with Gasteiger partial charge in [-0.2, -0.15) is 0 Å². The Kier molecular flexibility index (Phi) is 10.2. The van der Waals surface area contributed by atoms with Crippen molar-refractivity contribution in [2.24, 2.45) is 17.8 Å². The van der Waals surface area contributed by atoms with Crippen molar-refractivity contribution in [1.82, 2.24) is 0 Å². The monoisotopic (exact) mass is 226 g/mol. The first kappa shape index (κ1) is 16.0. The third-order valence-electron chi connectivity index (χ3n) is 3.95. The SMILES string of the molecule is CCCCC(C)CC(C)C(CCC)CCC. The molecule has 98 valence electrons. The zero-order valence-corrected chi connectivity index (χ0v) is 12.4. The summed E-state index contributed by atoms with van der Waals surface area (Å²) in [5.41, 5.74) is 0. The van der Waals surface area contributed by atoms with E-state index in [1.165, 1.54) is 51.4 Å². The summed E-state index contributed by atoms with van der Waals surface area (Å²) in [5.74, 6) is 2.86. The normalized spacial score (nSPS) is 15.4. The Labute approximate surface area is 104 Å². The van der Waals surface area contributed by atoms with Gasteiger partial charge in [0.15, 0.2) is 0 Å². The second-order valence-corrected chi connectivity index (χ2v) is 5.80. The van der Waals surface area contributed by atoms with Crippen molar-refractivity contribution >= 4 is 0 Å². The lowest BCUT2D eigenvalue weighted by atomic mass is 9.80. The first-order valence-electron chi connectivity index (χ1n) is 7.65. The van der Waals surface area contributed by atoms with Gasteiger partial charge in [-0.15, -0.1) is 0 Å². The third kappa shape index (κ3) is 7.30. The average molecular weight is 226 g/mol. The van der Waals surface area contributed by atoms with Crippen molar-refractivity contribution in [3.63, 3.8) is 0 Å². The van der Waals surface area contributed by atoms with Crippen LogP contribution in [0.15, 0.2) is 0 Å². The molecule has 0 aliphatic carbocycles. The number of hydrogen-bond acceptors (Lipinski definition) is 0. The summed E-state index contributed by atoms with van der Waals surface area (Å²) in [4.78, 5) is 0. The molecular weight excluding hydrogens is 192 g/mol. The summed E-state index contributed by atoms with van der Waals surface area (Å²) < 4.78 is 0. The molecule has 0 spiro atoms. The van der Waals surface area contributed by atoms with E-state index in [2.05, 4.69) is 34.6 Å². The lowest BCUT2D eigenvalue weighted by Gasteiger charge is -2.26. The Balaban J connectivity index is 3.91. The quantitative estimate of drug-likeness (QED) is 0.425. The van der Waals surface area contributed by atoms with Crippen molar-refractivity contribution < 1.29 is 0 Å². The molecule has 0 saturated heterocycles. The molecule has 0 bridgehead atoms. The van der Waals surface area contributed by atoms with Gasteiger partial charge in [0.2, 0.25) is 0 Å². The van der Waals surface area contributed by atoms with Crippen LogP contribution in [0.3, 0.4) is 0 Å². The zero-order valence-electron chi connectivity index (χ0n) is 12.4. The molecule has 0 fully saturated rings. The van der Waals surface area contributed by atoms with Gasteiger partial charge in [-0.3, -0.25) is 0 Å². The molecule has 0 N–H and O–H groups in total. The van der Waals surface area contributed by atoms with Crippen molar-refractivity contribution in [1.29, 1.82) is 0 Å². The lowest BCUT2D eigenvalue weighted by Crippen LogP contribution is -2.14. The van der Waals surface area contributed by atoms with Crippen LogP contribution in [-0.2, 0) is 0 Å². The first-order valence-corrected chi connectivity index (χ1v) is 7.65. The minimum absolute atomic E-state index is 0.936. The fourth-order valence-electron chi connectivity index (χ4n) is 2.95. The molecule has 2 atom stereocenters. The van der Waals surface area contributed by atoms with Gasteiger partial charge < -0.3 is 0 Å². The molecule has 2 unspecified atom stereocenters. The van der Waals surface area contributed by atoms with Crippen LogP contribution in [0.2, 0.25) is 0 Å². The number of hydrogen-bond donors (Lipinski definition) is 0. The molecular formula is C16H34. The standard InChI is InChI=1S/C16H34/c1-6-9-12-14(4)13-15(5)16(10-7-2)11-8-3/h14-16H,6-13H2,1-5H3. The van der Waals surface area contributed by atoms with Gasteiger partial charge in [-0.25, -0.2) is 0 Å². The molecule has 0 aromatic carbocycles. The highest BCUT2D eigenvalue weighted by atomic mass is 14.2. The molecule has 0 aromatic rings. The molecule has 0 aliphatic heterocycles. The smallest absolute Gasteiger partial charge is 0.0389 e. The summed E-state index contributed by atoms with van der Waals surface area (Å²) in [6.07, 6.45) is 11.3. The summed E-state index contributed by atoms with van der Waals surface area (Å²) in [7, 11) is 0. The summed E-state index contributed by atoms with van der Waals surface area (Å²) in [5, 5.41) is 0. The Bertz CT molecular complexity index is 133. The largest absolute Gasteiger partial charge is 0.0654 e. The van der Waals surface area contributed by atoms with E-state index in [9.17, 15) is 0 Å². The van der Waals surface area contributed by atoms with Gasteiger partial charge in [-0.1, -0.05) is 79.6 Å². The van der Waals surface area contributed by atoms with Crippen molar-refractivity contribution in [2.45, 2.75) is 86.0 Å². The topological polar surface area (TPSA) is 0 Å². The lowest BCUT2D eigenvalue weighted by molar-refractivity contribution is 0.255. The van der Waals surface area contributed by atoms with E-state index in [0.29, 0.717) is 0 Å². The molecule has 0 rings (SSSR count). The van der Waals surface area contributed by atoms with E-state index in [1.807, 2.05) is 0 Å². The van der Waals surface area contributed by atoms with Crippen molar-refractivity contribution in [3.05, 3.63) is 0 Å². The summed E-state index contributed by atoms with van der Waals surface area (Å²) >= 11 is 0. The van der Waals surface area contributed by atoms with Crippen LogP contribution in [0.25, 0.3) is 0 Å². The molecule has 0 aliphatic rings. The van der Waals surface area contributed by atoms with Gasteiger partial charge in [0, 0.05) is 0 Å². The van der Waals surface area contributed by atoms with Crippen LogP contribution in [-0.4, -0.2) is 0 Å². The molecule has 0 aromatic heterocycles. The van der Waals surface area contributed by atoms with Crippen LogP contribution < -0.4 is 0 Å². The predicted octanol–water partition coefficient (Wildman–Crippen LogP) is 6.06. The van der Waals surface area contributed by atoms with E-state index >= 15 is 0 Å². The number of unbranched alkanes of at least 4 members (excludes halogenated alkanes) is 1. The maximum atomic E-state index is 2.48. The van der Waals surface area contributed by atoms with Crippen molar-refractivity contribution in [3.8, 4) is 0 Å². The highest BCUT2D eigenvalue weighted by Gasteiger charge is 2.17. The zero-order chi connectivity index (χ0) is 12.4. The number of rotatable bonds is 10. The maximum absolute atomic E-state index is 2.48. The summed E-state index contributed by atoms with van der Waals surface area (Å²) in [6, 6.07) is 0. The van der Waals surface area contributed by atoms with Gasteiger partial charge >= 0.3 is 0 Å². The Morgan fingerprint density at radius 2 is 1.31 bits per heavy atom. The van der Waals surface area contributed by atoms with Crippen LogP contribution >= 0.6 is 0 Å². The molecule has 0 amide bonds. The molecule has 0 heteroatoms. The van der Waals surface area contributed by atoms with E-state index in [1.54, 1.807) is 0 Å². The van der Waals surface area contributed by atoms with Crippen molar-refractivity contribution in [2.75, 3.05) is 0 Å². The van der Waals surface area contributed by atoms with Gasteiger partial charge in [-0.05, 0) is 24.2 Å². The fraction of sp³-hybridized carbons (Fsp3) is 1.00.